The van der Waals surface area contributed by atoms with E-state index in [2.05, 4.69) is 25.1 Å². The predicted molar refractivity (Wildman–Crippen MR) is 79.8 cm³/mol. The van der Waals surface area contributed by atoms with Gasteiger partial charge in [0.05, 0.1) is 11.3 Å². The van der Waals surface area contributed by atoms with Gasteiger partial charge in [-0.05, 0) is 36.2 Å². The van der Waals surface area contributed by atoms with Gasteiger partial charge >= 0.3 is 0 Å². The van der Waals surface area contributed by atoms with Crippen molar-refractivity contribution >= 4 is 12.0 Å². The van der Waals surface area contributed by atoms with Crippen LogP contribution in [0.1, 0.15) is 27.0 Å². The second-order valence-electron chi connectivity index (χ2n) is 4.79. The number of hydrogen-bond acceptors (Lipinski definition) is 3. The second-order valence-corrected chi connectivity index (χ2v) is 4.79. The van der Waals surface area contributed by atoms with Crippen molar-refractivity contribution in [3.8, 4) is 6.07 Å². The molecule has 20 heavy (non-hydrogen) atoms. The molecule has 0 N–H and O–H groups in total. The van der Waals surface area contributed by atoms with Crippen LogP contribution in [0.25, 0.3) is 0 Å². The molecule has 3 nitrogen and oxygen atoms in total. The summed E-state index contributed by atoms with van der Waals surface area (Å²) in [4.78, 5) is 12.8. The van der Waals surface area contributed by atoms with Gasteiger partial charge < -0.3 is 4.90 Å². The van der Waals surface area contributed by atoms with Crippen molar-refractivity contribution in [1.29, 1.82) is 5.26 Å². The van der Waals surface area contributed by atoms with Crippen molar-refractivity contribution in [2.24, 2.45) is 0 Å². The third-order valence-electron chi connectivity index (χ3n) is 3.36. The molecule has 0 saturated heterocycles. The fraction of sp³-hybridized carbons (Fsp3) is 0.176. The molecular weight excluding hydrogens is 248 g/mol. The first-order chi connectivity index (χ1) is 9.65. The highest BCUT2D eigenvalue weighted by Crippen LogP contribution is 2.22. The molecule has 2 rings (SSSR count). The first-order valence-electron chi connectivity index (χ1n) is 6.40. The summed E-state index contributed by atoms with van der Waals surface area (Å²) in [5.74, 6) is 0. The highest BCUT2D eigenvalue weighted by atomic mass is 16.1. The Balaban J connectivity index is 2.30. The Hall–Kier alpha value is -2.60. The van der Waals surface area contributed by atoms with E-state index in [1.807, 2.05) is 30.1 Å². The van der Waals surface area contributed by atoms with Crippen molar-refractivity contribution in [2.75, 3.05) is 11.9 Å². The first-order valence-corrected chi connectivity index (χ1v) is 6.40. The maximum atomic E-state index is 10.8. The normalized spacial score (nSPS) is 9.85. The molecule has 0 fully saturated rings. The largest absolute Gasteiger partial charge is 0.369 e. The zero-order valence-corrected chi connectivity index (χ0v) is 11.6. The average Bonchev–Trinajstić information content (AvgIpc) is 2.48. The molecule has 0 saturated carbocycles. The van der Waals surface area contributed by atoms with Crippen LogP contribution in [-0.2, 0) is 6.54 Å². The minimum absolute atomic E-state index is 0.519. The average molecular weight is 264 g/mol. The fourth-order valence-corrected chi connectivity index (χ4v) is 2.18. The molecule has 3 heteroatoms. The number of anilines is 1. The van der Waals surface area contributed by atoms with Crippen LogP contribution < -0.4 is 4.90 Å². The van der Waals surface area contributed by atoms with Crippen LogP contribution in [0.15, 0.2) is 42.5 Å². The summed E-state index contributed by atoms with van der Waals surface area (Å²) >= 11 is 0. The Morgan fingerprint density at radius 3 is 2.65 bits per heavy atom. The van der Waals surface area contributed by atoms with E-state index in [4.69, 9.17) is 0 Å². The summed E-state index contributed by atoms with van der Waals surface area (Å²) in [5.41, 5.74) is 4.32. The molecular formula is C17H16N2O. The summed E-state index contributed by atoms with van der Waals surface area (Å²) in [7, 11) is 1.95. The molecule has 0 aliphatic rings. The third-order valence-corrected chi connectivity index (χ3v) is 3.36. The van der Waals surface area contributed by atoms with Gasteiger partial charge in [-0.1, -0.05) is 24.3 Å². The maximum absolute atomic E-state index is 10.8. The zero-order valence-electron chi connectivity index (χ0n) is 11.6. The minimum atomic E-state index is 0.519. The van der Waals surface area contributed by atoms with Gasteiger partial charge in [0.15, 0.2) is 0 Å². The maximum Gasteiger partial charge on any atom is 0.150 e. The molecule has 0 atom stereocenters. The van der Waals surface area contributed by atoms with Gasteiger partial charge in [-0.3, -0.25) is 4.79 Å². The Bertz CT molecular complexity index is 671. The standard InChI is InChI=1S/C17H16N2O/c1-13-5-3-4-6-15(13)11-19(2)17-8-7-14(12-20)9-16(17)10-18/h3-9,12H,11H2,1-2H3. The van der Waals surface area contributed by atoms with Gasteiger partial charge in [0.1, 0.15) is 12.4 Å². The van der Waals surface area contributed by atoms with E-state index >= 15 is 0 Å². The van der Waals surface area contributed by atoms with Gasteiger partial charge in [-0.25, -0.2) is 0 Å². The van der Waals surface area contributed by atoms with E-state index in [1.54, 1.807) is 12.1 Å². The van der Waals surface area contributed by atoms with Crippen LogP contribution >= 0.6 is 0 Å². The lowest BCUT2D eigenvalue weighted by Gasteiger charge is -2.21. The molecule has 100 valence electrons. The van der Waals surface area contributed by atoms with E-state index in [-0.39, 0.29) is 0 Å². The van der Waals surface area contributed by atoms with Gasteiger partial charge in [0, 0.05) is 19.2 Å². The minimum Gasteiger partial charge on any atom is -0.369 e. The van der Waals surface area contributed by atoms with Gasteiger partial charge in [-0.2, -0.15) is 5.26 Å². The number of nitriles is 1. The van der Waals surface area contributed by atoms with Gasteiger partial charge in [0.2, 0.25) is 0 Å². The van der Waals surface area contributed by atoms with Crippen molar-refractivity contribution in [1.82, 2.24) is 0 Å². The number of hydrogen-bond donors (Lipinski definition) is 0. The van der Waals surface area contributed by atoms with Crippen LogP contribution in [0, 0.1) is 18.3 Å². The van der Waals surface area contributed by atoms with Crippen LogP contribution in [-0.4, -0.2) is 13.3 Å². The summed E-state index contributed by atoms with van der Waals surface area (Å²) in [6.45, 7) is 2.80. The number of carbonyl (C=O) groups is 1. The van der Waals surface area contributed by atoms with Crippen LogP contribution in [0.5, 0.6) is 0 Å². The number of aldehydes is 1. The monoisotopic (exact) mass is 264 g/mol. The highest BCUT2D eigenvalue weighted by Gasteiger charge is 2.09. The van der Waals surface area contributed by atoms with E-state index in [9.17, 15) is 10.1 Å². The van der Waals surface area contributed by atoms with Gasteiger partial charge in [0.25, 0.3) is 0 Å². The SMILES string of the molecule is Cc1ccccc1CN(C)c1ccc(C=O)cc1C#N. The number of nitrogens with zero attached hydrogens (tertiary/aromatic N) is 2. The lowest BCUT2D eigenvalue weighted by atomic mass is 10.1. The first kappa shape index (κ1) is 13.8. The van der Waals surface area contributed by atoms with E-state index in [0.717, 1.165) is 18.5 Å². The van der Waals surface area contributed by atoms with E-state index in [0.29, 0.717) is 11.1 Å². The third kappa shape index (κ3) is 2.86. The second kappa shape index (κ2) is 6.03. The Morgan fingerprint density at radius 1 is 1.25 bits per heavy atom. The molecule has 0 radical (unpaired) electrons. The Morgan fingerprint density at radius 2 is 2.00 bits per heavy atom. The topological polar surface area (TPSA) is 44.1 Å². The van der Waals surface area contributed by atoms with Gasteiger partial charge in [-0.15, -0.1) is 0 Å². The molecule has 2 aromatic carbocycles. The van der Waals surface area contributed by atoms with Crippen molar-refractivity contribution in [3.05, 3.63) is 64.7 Å². The Labute approximate surface area is 119 Å². The lowest BCUT2D eigenvalue weighted by molar-refractivity contribution is 0.112. The van der Waals surface area contributed by atoms with Crippen LogP contribution in [0.2, 0.25) is 0 Å². The molecule has 0 heterocycles. The quantitative estimate of drug-likeness (QED) is 0.796. The van der Waals surface area contributed by atoms with E-state index in [1.165, 1.54) is 11.1 Å². The molecule has 0 aliphatic heterocycles. The Kier molecular flexibility index (Phi) is 4.17. The number of carbonyl (C=O) groups excluding carboxylic acids is 1. The zero-order chi connectivity index (χ0) is 14.5. The van der Waals surface area contributed by atoms with Crippen molar-refractivity contribution in [3.63, 3.8) is 0 Å². The molecule has 0 unspecified atom stereocenters. The summed E-state index contributed by atoms with van der Waals surface area (Å²) < 4.78 is 0. The van der Waals surface area contributed by atoms with Crippen LogP contribution in [0.4, 0.5) is 5.69 Å². The van der Waals surface area contributed by atoms with Crippen molar-refractivity contribution < 1.29 is 4.79 Å². The molecule has 2 aromatic rings. The molecule has 0 amide bonds. The predicted octanol–water partition coefficient (Wildman–Crippen LogP) is 3.32. The smallest absolute Gasteiger partial charge is 0.150 e. The molecule has 0 bridgehead atoms. The molecule has 0 spiro atoms. The number of aryl methyl sites for hydroxylation is 1. The summed E-state index contributed by atoms with van der Waals surface area (Å²) in [6, 6.07) is 15.5. The number of benzene rings is 2. The lowest BCUT2D eigenvalue weighted by Crippen LogP contribution is -2.18. The molecule has 0 aromatic heterocycles. The summed E-state index contributed by atoms with van der Waals surface area (Å²) in [6.07, 6.45) is 0.756. The molecule has 0 aliphatic carbocycles. The fourth-order valence-electron chi connectivity index (χ4n) is 2.18. The van der Waals surface area contributed by atoms with Crippen molar-refractivity contribution in [2.45, 2.75) is 13.5 Å². The number of rotatable bonds is 4. The van der Waals surface area contributed by atoms with E-state index < -0.39 is 0 Å². The van der Waals surface area contributed by atoms with Crippen LogP contribution in [0.3, 0.4) is 0 Å². The highest BCUT2D eigenvalue weighted by molar-refractivity contribution is 5.78. The summed E-state index contributed by atoms with van der Waals surface area (Å²) in [5, 5.41) is 9.22.